The van der Waals surface area contributed by atoms with E-state index in [1.807, 2.05) is 12.1 Å². The molecule has 2 rings (SSSR count). The molecule has 1 aromatic carbocycles. The molecule has 0 spiro atoms. The van der Waals surface area contributed by atoms with Crippen molar-refractivity contribution in [2.24, 2.45) is 5.73 Å². The molecule has 0 aliphatic carbocycles. The number of carboxylic acids is 2. The minimum Gasteiger partial charge on any atom is -0.481 e. The van der Waals surface area contributed by atoms with Crippen molar-refractivity contribution in [3.05, 3.63) is 36.0 Å². The Kier molecular flexibility index (Phi) is 8.89. The van der Waals surface area contributed by atoms with Crippen molar-refractivity contribution in [2.45, 2.75) is 31.0 Å². The first kappa shape index (κ1) is 25.3. The molecule has 1 heterocycles. The van der Waals surface area contributed by atoms with Crippen molar-refractivity contribution < 1.29 is 39.3 Å². The third-order valence-corrected chi connectivity index (χ3v) is 4.70. The molecule has 0 bridgehead atoms. The van der Waals surface area contributed by atoms with Gasteiger partial charge in [0.1, 0.15) is 12.1 Å². The number of aliphatic hydroxyl groups is 1. The summed E-state index contributed by atoms with van der Waals surface area (Å²) in [6, 6.07) is 3.04. The number of hydrogen-bond donors (Lipinski definition) is 8. The zero-order valence-corrected chi connectivity index (χ0v) is 17.4. The van der Waals surface area contributed by atoms with Crippen molar-refractivity contribution >= 4 is 40.6 Å². The van der Waals surface area contributed by atoms with Crippen LogP contribution >= 0.6 is 0 Å². The summed E-state index contributed by atoms with van der Waals surface area (Å²) in [5.41, 5.74) is 6.87. The number of hydrogen-bond acceptors (Lipinski definition) is 7. The van der Waals surface area contributed by atoms with E-state index in [9.17, 15) is 29.1 Å². The number of carbonyl (C=O) groups excluding carboxylic acids is 3. The van der Waals surface area contributed by atoms with E-state index in [0.717, 1.165) is 10.9 Å². The summed E-state index contributed by atoms with van der Waals surface area (Å²) in [6.45, 7) is -1.45. The Hall–Kier alpha value is -3.97. The second kappa shape index (κ2) is 11.6. The molecule has 13 heteroatoms. The molecule has 3 atom stereocenters. The molecule has 0 radical (unpaired) electrons. The van der Waals surface area contributed by atoms with Gasteiger partial charge in [-0.25, -0.2) is 4.79 Å². The zero-order chi connectivity index (χ0) is 24.5. The van der Waals surface area contributed by atoms with Gasteiger partial charge in [-0.1, -0.05) is 18.2 Å². The van der Waals surface area contributed by atoms with Crippen LogP contribution in [0.25, 0.3) is 10.9 Å². The summed E-state index contributed by atoms with van der Waals surface area (Å²) < 4.78 is 0. The van der Waals surface area contributed by atoms with Gasteiger partial charge in [-0.3, -0.25) is 19.2 Å². The molecule has 0 aliphatic rings. The fourth-order valence-electron chi connectivity index (χ4n) is 3.01. The average molecular weight is 463 g/mol. The number of rotatable bonds is 12. The van der Waals surface area contributed by atoms with E-state index in [2.05, 4.69) is 20.9 Å². The Morgan fingerprint density at radius 3 is 2.33 bits per heavy atom. The van der Waals surface area contributed by atoms with Gasteiger partial charge in [0.25, 0.3) is 0 Å². The summed E-state index contributed by atoms with van der Waals surface area (Å²) in [4.78, 5) is 61.7. The van der Waals surface area contributed by atoms with Gasteiger partial charge in [-0.05, 0) is 11.6 Å². The lowest BCUT2D eigenvalue weighted by Gasteiger charge is -2.21. The molecule has 9 N–H and O–H groups in total. The Bertz CT molecular complexity index is 1040. The first-order chi connectivity index (χ1) is 15.6. The number of benzene rings is 1. The molecule has 178 valence electrons. The Labute approximate surface area is 187 Å². The summed E-state index contributed by atoms with van der Waals surface area (Å²) in [5.74, 6) is -5.25. The van der Waals surface area contributed by atoms with Crippen LogP contribution in [0.3, 0.4) is 0 Å². The van der Waals surface area contributed by atoms with Gasteiger partial charge in [0.05, 0.1) is 25.6 Å². The molecule has 0 fully saturated rings. The van der Waals surface area contributed by atoms with Gasteiger partial charge < -0.3 is 42.0 Å². The predicted octanol–water partition coefficient (Wildman–Crippen LogP) is -2.32. The molecular formula is C20H25N5O8. The lowest BCUT2D eigenvalue weighted by Crippen LogP contribution is -2.55. The number of carboxylic acid groups (broad SMARTS) is 2. The highest BCUT2D eigenvalue weighted by atomic mass is 16.4. The van der Waals surface area contributed by atoms with Crippen molar-refractivity contribution in [2.75, 3.05) is 13.2 Å². The lowest BCUT2D eigenvalue weighted by molar-refractivity contribution is -0.143. The van der Waals surface area contributed by atoms with E-state index in [4.69, 9.17) is 15.9 Å². The maximum atomic E-state index is 12.7. The van der Waals surface area contributed by atoms with E-state index in [0.29, 0.717) is 5.56 Å². The molecule has 0 saturated carbocycles. The average Bonchev–Trinajstić information content (AvgIpc) is 3.17. The minimum atomic E-state index is -1.58. The van der Waals surface area contributed by atoms with Gasteiger partial charge in [-0.2, -0.15) is 0 Å². The standard InChI is InChI=1S/C20H25N5O8/c21-12(6-17(28)29)18(30)23-8-16(27)24-14(19(31)25-15(9-26)20(32)33)5-10-7-22-13-4-2-1-3-11(10)13/h1-4,7,12,14-15,22,26H,5-6,8-9,21H2,(H,23,30)(H,24,27)(H,25,31)(H,28,29)(H,32,33). The highest BCUT2D eigenvalue weighted by Gasteiger charge is 2.27. The number of fused-ring (bicyclic) bond motifs is 1. The summed E-state index contributed by atoms with van der Waals surface area (Å²) in [6.07, 6.45) is 0.993. The van der Waals surface area contributed by atoms with Crippen LogP contribution in [0.4, 0.5) is 0 Å². The molecule has 3 unspecified atom stereocenters. The topological polar surface area (TPSA) is 224 Å². The highest BCUT2D eigenvalue weighted by molar-refractivity contribution is 5.94. The number of nitrogens with two attached hydrogens (primary N) is 1. The van der Waals surface area contributed by atoms with Crippen LogP contribution in [0.1, 0.15) is 12.0 Å². The zero-order valence-electron chi connectivity index (χ0n) is 17.4. The maximum absolute atomic E-state index is 12.7. The van der Waals surface area contributed by atoms with Crippen molar-refractivity contribution in [3.8, 4) is 0 Å². The molecular weight excluding hydrogens is 438 g/mol. The van der Waals surface area contributed by atoms with Crippen LogP contribution in [0.5, 0.6) is 0 Å². The minimum absolute atomic E-state index is 0.0220. The Morgan fingerprint density at radius 1 is 1.00 bits per heavy atom. The quantitative estimate of drug-likeness (QED) is 0.169. The molecule has 33 heavy (non-hydrogen) atoms. The van der Waals surface area contributed by atoms with E-state index < -0.39 is 67.4 Å². The number of nitrogens with one attached hydrogen (secondary N) is 4. The molecule has 3 amide bonds. The van der Waals surface area contributed by atoms with Crippen LogP contribution in [-0.4, -0.2) is 81.2 Å². The first-order valence-electron chi connectivity index (χ1n) is 9.85. The van der Waals surface area contributed by atoms with Gasteiger partial charge in [0.15, 0.2) is 0 Å². The van der Waals surface area contributed by atoms with E-state index in [1.165, 1.54) is 0 Å². The van der Waals surface area contributed by atoms with Gasteiger partial charge in [0, 0.05) is 23.5 Å². The SMILES string of the molecule is NC(CC(=O)O)C(=O)NCC(=O)NC(Cc1c[nH]c2ccccc12)C(=O)NC(CO)C(=O)O. The van der Waals surface area contributed by atoms with Gasteiger partial charge >= 0.3 is 11.9 Å². The molecule has 1 aromatic heterocycles. The van der Waals surface area contributed by atoms with Crippen LogP contribution in [0, 0.1) is 0 Å². The smallest absolute Gasteiger partial charge is 0.328 e. The first-order valence-corrected chi connectivity index (χ1v) is 9.85. The number of amides is 3. The van der Waals surface area contributed by atoms with Crippen molar-refractivity contribution in [1.82, 2.24) is 20.9 Å². The number of aromatic amines is 1. The van der Waals surface area contributed by atoms with E-state index >= 15 is 0 Å². The second-order valence-electron chi connectivity index (χ2n) is 7.19. The highest BCUT2D eigenvalue weighted by Crippen LogP contribution is 2.19. The number of carbonyl (C=O) groups is 5. The van der Waals surface area contributed by atoms with Crippen molar-refractivity contribution in [1.29, 1.82) is 0 Å². The monoisotopic (exact) mass is 463 g/mol. The predicted molar refractivity (Wildman–Crippen MR) is 114 cm³/mol. The van der Waals surface area contributed by atoms with Crippen LogP contribution in [-0.2, 0) is 30.4 Å². The molecule has 2 aromatic rings. The molecule has 0 saturated heterocycles. The number of aliphatic carboxylic acids is 2. The normalized spacial score (nSPS) is 13.5. The lowest BCUT2D eigenvalue weighted by atomic mass is 10.0. The summed E-state index contributed by atoms with van der Waals surface area (Å²) in [7, 11) is 0. The second-order valence-corrected chi connectivity index (χ2v) is 7.19. The van der Waals surface area contributed by atoms with E-state index in [-0.39, 0.29) is 6.42 Å². The summed E-state index contributed by atoms with van der Waals surface area (Å²) in [5, 5.41) is 34.5. The summed E-state index contributed by atoms with van der Waals surface area (Å²) >= 11 is 0. The van der Waals surface area contributed by atoms with Gasteiger partial charge in [0.2, 0.25) is 17.7 Å². The number of aliphatic hydroxyl groups excluding tert-OH is 1. The molecule has 0 aliphatic heterocycles. The number of para-hydroxylation sites is 1. The third-order valence-electron chi connectivity index (χ3n) is 4.70. The fourth-order valence-corrected chi connectivity index (χ4v) is 3.01. The van der Waals surface area contributed by atoms with E-state index in [1.54, 1.807) is 18.3 Å². The molecule has 13 nitrogen and oxygen atoms in total. The Balaban J connectivity index is 2.12. The van der Waals surface area contributed by atoms with Crippen LogP contribution in [0.2, 0.25) is 0 Å². The number of H-pyrrole nitrogens is 1. The fraction of sp³-hybridized carbons (Fsp3) is 0.350. The van der Waals surface area contributed by atoms with Crippen molar-refractivity contribution in [3.63, 3.8) is 0 Å². The number of aromatic nitrogens is 1. The van der Waals surface area contributed by atoms with Gasteiger partial charge in [-0.15, -0.1) is 0 Å². The van der Waals surface area contributed by atoms with Crippen LogP contribution < -0.4 is 21.7 Å². The maximum Gasteiger partial charge on any atom is 0.328 e. The largest absolute Gasteiger partial charge is 0.481 e. The third kappa shape index (κ3) is 7.29. The van der Waals surface area contributed by atoms with Crippen LogP contribution in [0.15, 0.2) is 30.5 Å². The Morgan fingerprint density at radius 2 is 1.70 bits per heavy atom.